The molecular weight excluding hydrogens is 412 g/mol. The zero-order chi connectivity index (χ0) is 22.6. The molecule has 0 unspecified atom stereocenters. The van der Waals surface area contributed by atoms with Crippen LogP contribution in [0.4, 0.5) is 5.82 Å². The number of hydrogen-bond donors (Lipinski definition) is 0. The monoisotopic (exact) mass is 442 g/mol. The summed E-state index contributed by atoms with van der Waals surface area (Å²) in [5.41, 5.74) is 4.00. The number of piperidine rings is 1. The van der Waals surface area contributed by atoms with Crippen LogP contribution in [0.5, 0.6) is 0 Å². The molecule has 5 rings (SSSR count). The minimum atomic E-state index is -0.102. The molecule has 0 radical (unpaired) electrons. The molecule has 1 fully saturated rings. The Morgan fingerprint density at radius 3 is 2.82 bits per heavy atom. The molecule has 5 heterocycles. The van der Waals surface area contributed by atoms with Crippen LogP contribution in [0, 0.1) is 6.92 Å². The van der Waals surface area contributed by atoms with Gasteiger partial charge in [0.05, 0.1) is 11.6 Å². The standard InChI is InChI=1S/C26H30N6O/c1-19-22-10-7-15-31(17-12-21-9-2-4-14-28-21)25(22)30-24(29-19)23-11-3-5-16-32(23)26(33)20-8-6-13-27-18-20/h2,4,6,8-9,13-14,18,23H,3,5,7,10-12,15-17H2,1H3/t23-/m0/s1. The van der Waals surface area contributed by atoms with E-state index in [1.807, 2.05) is 35.4 Å². The summed E-state index contributed by atoms with van der Waals surface area (Å²) >= 11 is 0. The Hall–Kier alpha value is -3.35. The molecule has 2 aliphatic rings. The maximum absolute atomic E-state index is 13.3. The highest BCUT2D eigenvalue weighted by Gasteiger charge is 2.32. The third-order valence-electron chi connectivity index (χ3n) is 6.70. The number of aromatic nitrogens is 4. The Kier molecular flexibility index (Phi) is 6.28. The van der Waals surface area contributed by atoms with Crippen molar-refractivity contribution in [1.82, 2.24) is 24.8 Å². The summed E-state index contributed by atoms with van der Waals surface area (Å²) in [5, 5.41) is 0. The van der Waals surface area contributed by atoms with Gasteiger partial charge in [-0.25, -0.2) is 9.97 Å². The largest absolute Gasteiger partial charge is 0.356 e. The van der Waals surface area contributed by atoms with Crippen LogP contribution >= 0.6 is 0 Å². The lowest BCUT2D eigenvalue weighted by atomic mass is 9.98. The Morgan fingerprint density at radius 1 is 1.06 bits per heavy atom. The Balaban J connectivity index is 1.43. The third-order valence-corrected chi connectivity index (χ3v) is 6.70. The van der Waals surface area contributed by atoms with Crippen molar-refractivity contribution in [2.75, 3.05) is 24.5 Å². The van der Waals surface area contributed by atoms with E-state index < -0.39 is 0 Å². The highest BCUT2D eigenvalue weighted by molar-refractivity contribution is 5.94. The summed E-state index contributed by atoms with van der Waals surface area (Å²) in [7, 11) is 0. The topological polar surface area (TPSA) is 75.1 Å². The number of likely N-dealkylation sites (tertiary alicyclic amines) is 1. The van der Waals surface area contributed by atoms with Crippen LogP contribution in [0.2, 0.25) is 0 Å². The van der Waals surface area contributed by atoms with Crippen LogP contribution in [0.25, 0.3) is 0 Å². The predicted octanol–water partition coefficient (Wildman–Crippen LogP) is 3.94. The summed E-state index contributed by atoms with van der Waals surface area (Å²) in [6, 6.07) is 9.60. The zero-order valence-electron chi connectivity index (χ0n) is 19.2. The second kappa shape index (κ2) is 9.65. The Labute approximate surface area is 194 Å². The van der Waals surface area contributed by atoms with E-state index in [0.717, 1.165) is 81.2 Å². The van der Waals surface area contributed by atoms with Gasteiger partial charge in [-0.1, -0.05) is 6.07 Å². The first-order valence-electron chi connectivity index (χ1n) is 11.9. The van der Waals surface area contributed by atoms with Gasteiger partial charge in [0.25, 0.3) is 5.91 Å². The minimum absolute atomic E-state index is 0.0128. The van der Waals surface area contributed by atoms with Gasteiger partial charge in [-0.05, 0) is 63.3 Å². The van der Waals surface area contributed by atoms with Crippen LogP contribution in [-0.2, 0) is 12.8 Å². The number of aryl methyl sites for hydroxylation is 1. The van der Waals surface area contributed by atoms with Crippen LogP contribution in [0.3, 0.4) is 0 Å². The highest BCUT2D eigenvalue weighted by Crippen LogP contribution is 2.34. The molecule has 3 aromatic heterocycles. The Bertz CT molecular complexity index is 1100. The van der Waals surface area contributed by atoms with E-state index in [2.05, 4.69) is 27.9 Å². The van der Waals surface area contributed by atoms with Crippen molar-refractivity contribution < 1.29 is 4.79 Å². The molecule has 7 nitrogen and oxygen atoms in total. The number of rotatable bonds is 5. The number of fused-ring (bicyclic) bond motifs is 1. The first-order valence-corrected chi connectivity index (χ1v) is 11.9. The van der Waals surface area contributed by atoms with Gasteiger partial charge >= 0.3 is 0 Å². The van der Waals surface area contributed by atoms with Crippen LogP contribution in [0.15, 0.2) is 48.9 Å². The van der Waals surface area contributed by atoms with Crippen LogP contribution in [-0.4, -0.2) is 50.4 Å². The van der Waals surface area contributed by atoms with Gasteiger partial charge in [-0.3, -0.25) is 14.8 Å². The Morgan fingerprint density at radius 2 is 2.00 bits per heavy atom. The van der Waals surface area contributed by atoms with Crippen molar-refractivity contribution in [2.24, 2.45) is 0 Å². The van der Waals surface area contributed by atoms with Gasteiger partial charge < -0.3 is 9.80 Å². The first-order chi connectivity index (χ1) is 16.2. The highest BCUT2D eigenvalue weighted by atomic mass is 16.2. The smallest absolute Gasteiger partial charge is 0.256 e. The average Bonchev–Trinajstić information content (AvgIpc) is 2.88. The summed E-state index contributed by atoms with van der Waals surface area (Å²) < 4.78 is 0. The van der Waals surface area contributed by atoms with Gasteiger partial charge in [0.1, 0.15) is 5.82 Å². The summed E-state index contributed by atoms with van der Waals surface area (Å²) in [6.45, 7) is 4.67. The fourth-order valence-corrected chi connectivity index (χ4v) is 4.97. The van der Waals surface area contributed by atoms with Crippen LogP contribution < -0.4 is 4.90 Å². The molecule has 1 atom stereocenters. The lowest BCUT2D eigenvalue weighted by molar-refractivity contribution is 0.0599. The molecule has 0 bridgehead atoms. The number of carbonyl (C=O) groups is 1. The minimum Gasteiger partial charge on any atom is -0.356 e. The average molecular weight is 443 g/mol. The van der Waals surface area contributed by atoms with Gasteiger partial charge in [0.15, 0.2) is 5.82 Å². The molecule has 7 heteroatoms. The fourth-order valence-electron chi connectivity index (χ4n) is 4.97. The molecule has 33 heavy (non-hydrogen) atoms. The van der Waals surface area contributed by atoms with Crippen molar-refractivity contribution in [3.63, 3.8) is 0 Å². The molecule has 170 valence electrons. The second-order valence-electron chi connectivity index (χ2n) is 8.88. The number of nitrogens with zero attached hydrogens (tertiary/aromatic N) is 6. The third kappa shape index (κ3) is 4.58. The molecule has 0 aromatic carbocycles. The molecule has 1 saturated heterocycles. The summed E-state index contributed by atoms with van der Waals surface area (Å²) in [5.74, 6) is 1.82. The second-order valence-corrected chi connectivity index (χ2v) is 8.88. The van der Waals surface area contributed by atoms with Crippen molar-refractivity contribution in [1.29, 1.82) is 0 Å². The number of pyridine rings is 2. The SMILES string of the molecule is Cc1nc([C@@H]2CCCCN2C(=O)c2cccnc2)nc2c1CCCN2CCc1ccccn1. The molecule has 0 N–H and O–H groups in total. The van der Waals surface area contributed by atoms with E-state index >= 15 is 0 Å². The van der Waals surface area contributed by atoms with E-state index in [9.17, 15) is 4.79 Å². The fraction of sp³-hybridized carbons (Fsp3) is 0.423. The van der Waals surface area contributed by atoms with E-state index in [-0.39, 0.29) is 11.9 Å². The van der Waals surface area contributed by atoms with E-state index in [0.29, 0.717) is 5.56 Å². The molecule has 2 aliphatic heterocycles. The van der Waals surface area contributed by atoms with Crippen molar-refractivity contribution in [2.45, 2.75) is 51.5 Å². The number of carbonyl (C=O) groups excluding carboxylic acids is 1. The molecule has 0 aliphatic carbocycles. The molecule has 1 amide bonds. The van der Waals surface area contributed by atoms with Crippen molar-refractivity contribution in [3.8, 4) is 0 Å². The van der Waals surface area contributed by atoms with Gasteiger partial charge in [0, 0.05) is 61.6 Å². The lowest BCUT2D eigenvalue weighted by Crippen LogP contribution is -2.40. The zero-order valence-corrected chi connectivity index (χ0v) is 19.2. The first kappa shape index (κ1) is 21.5. The van der Waals surface area contributed by atoms with Crippen molar-refractivity contribution in [3.05, 3.63) is 77.3 Å². The van der Waals surface area contributed by atoms with Crippen molar-refractivity contribution >= 4 is 11.7 Å². The lowest BCUT2D eigenvalue weighted by Gasteiger charge is -2.36. The van der Waals surface area contributed by atoms with Gasteiger partial charge in [-0.2, -0.15) is 0 Å². The van der Waals surface area contributed by atoms with E-state index in [1.165, 1.54) is 5.56 Å². The predicted molar refractivity (Wildman–Crippen MR) is 127 cm³/mol. The molecule has 0 spiro atoms. The number of amides is 1. The van der Waals surface area contributed by atoms with E-state index in [1.54, 1.807) is 12.4 Å². The van der Waals surface area contributed by atoms with Crippen LogP contribution in [0.1, 0.15) is 64.9 Å². The number of anilines is 1. The quantitative estimate of drug-likeness (QED) is 0.596. The molecule has 0 saturated carbocycles. The van der Waals surface area contributed by atoms with Gasteiger partial charge in [-0.15, -0.1) is 0 Å². The molecule has 3 aromatic rings. The summed E-state index contributed by atoms with van der Waals surface area (Å²) in [6.07, 6.45) is 11.1. The maximum atomic E-state index is 13.3. The normalized spacial score (nSPS) is 18.2. The number of hydrogen-bond acceptors (Lipinski definition) is 6. The maximum Gasteiger partial charge on any atom is 0.256 e. The van der Waals surface area contributed by atoms with Gasteiger partial charge in [0.2, 0.25) is 0 Å². The summed E-state index contributed by atoms with van der Waals surface area (Å²) in [4.78, 5) is 36.3. The molecular formula is C26H30N6O. The van der Waals surface area contributed by atoms with E-state index in [4.69, 9.17) is 9.97 Å².